The van der Waals surface area contributed by atoms with E-state index in [0.29, 0.717) is 0 Å². The van der Waals surface area contributed by atoms with Gasteiger partial charge in [-0.05, 0) is 151 Å². The fourth-order valence-corrected chi connectivity index (χ4v) is 11.4. The lowest BCUT2D eigenvalue weighted by Crippen LogP contribution is -2.14. The Morgan fingerprint density at radius 1 is 0.296 bits per heavy atom. The lowest BCUT2D eigenvalue weighted by molar-refractivity contribution is 0.660. The summed E-state index contributed by atoms with van der Waals surface area (Å²) >= 11 is 0. The van der Waals surface area contributed by atoms with Crippen LogP contribution in [0.15, 0.2) is 267 Å². The van der Waals surface area contributed by atoms with Crippen molar-refractivity contribution in [1.29, 1.82) is 0 Å². The van der Waals surface area contributed by atoms with Crippen LogP contribution in [0, 0.1) is 0 Å². The van der Waals surface area contributed by atoms with Crippen LogP contribution in [-0.2, 0) is 5.41 Å². The highest BCUT2D eigenvalue weighted by molar-refractivity contribution is 6.10. The number of anilines is 3. The molecule has 12 aromatic rings. The third-order valence-corrected chi connectivity index (χ3v) is 14.8. The van der Waals surface area contributed by atoms with Crippen LogP contribution in [-0.4, -0.2) is 4.57 Å². The van der Waals surface area contributed by atoms with Gasteiger partial charge in [0, 0.05) is 38.9 Å². The van der Waals surface area contributed by atoms with Crippen LogP contribution in [0.5, 0.6) is 0 Å². The lowest BCUT2D eigenvalue weighted by Gasteiger charge is -2.26. The smallest absolute Gasteiger partial charge is 0.0541 e. The second-order valence-electron chi connectivity index (χ2n) is 19.3. The van der Waals surface area contributed by atoms with Crippen LogP contribution in [0.1, 0.15) is 25.0 Å². The summed E-state index contributed by atoms with van der Waals surface area (Å²) in [7, 11) is 0. The molecule has 11 aromatic carbocycles. The van der Waals surface area contributed by atoms with Gasteiger partial charge in [0.15, 0.2) is 0 Å². The zero-order valence-electron chi connectivity index (χ0n) is 39.8. The Morgan fingerprint density at radius 3 is 1.61 bits per heavy atom. The molecule has 1 aromatic heterocycles. The second kappa shape index (κ2) is 17.2. The summed E-state index contributed by atoms with van der Waals surface area (Å²) in [6.07, 6.45) is 0. The molecule has 0 fully saturated rings. The number of rotatable bonds is 9. The summed E-state index contributed by atoms with van der Waals surface area (Å²) in [6, 6.07) is 97.6. The molecule has 0 unspecified atom stereocenters. The molecule has 2 nitrogen and oxygen atoms in total. The molecule has 1 heterocycles. The highest BCUT2D eigenvalue weighted by Crippen LogP contribution is 2.52. The third-order valence-electron chi connectivity index (χ3n) is 14.8. The van der Waals surface area contributed by atoms with Gasteiger partial charge in [0.1, 0.15) is 0 Å². The summed E-state index contributed by atoms with van der Waals surface area (Å²) < 4.78 is 2.44. The molecule has 71 heavy (non-hydrogen) atoms. The standard InChI is InChI=1S/C69H50N2/c1-69(2)64-34-13-11-32-62(64)68-60(33-18-35-65(68)69)53-24-17-28-57(45-53)71-66-36-14-12-31-61(66)63-46-51(39-42-67(63)71)50-22-15-21-49(43-50)47-37-40-55(41-38-47)70(54-25-7-4-8-26-54)56-27-16-23-52(44-56)59-30-10-9-29-58(59)48-19-5-3-6-20-48/h3-46H,1-2H3. The minimum atomic E-state index is -0.0511. The highest BCUT2D eigenvalue weighted by Gasteiger charge is 2.36. The van der Waals surface area contributed by atoms with Gasteiger partial charge in [0.2, 0.25) is 0 Å². The first kappa shape index (κ1) is 42.1. The number of fused-ring (bicyclic) bond motifs is 6. The molecule has 1 aliphatic carbocycles. The van der Waals surface area contributed by atoms with Crippen molar-refractivity contribution in [3.05, 3.63) is 278 Å². The molecule has 1 aliphatic rings. The maximum atomic E-state index is 2.44. The van der Waals surface area contributed by atoms with Crippen molar-refractivity contribution in [2.24, 2.45) is 0 Å². The first-order valence-electron chi connectivity index (χ1n) is 24.7. The number of hydrogen-bond donors (Lipinski definition) is 0. The van der Waals surface area contributed by atoms with Gasteiger partial charge in [-0.3, -0.25) is 0 Å². The first-order valence-corrected chi connectivity index (χ1v) is 24.7. The Kier molecular flexibility index (Phi) is 10.2. The van der Waals surface area contributed by atoms with Crippen LogP contribution < -0.4 is 4.90 Å². The summed E-state index contributed by atoms with van der Waals surface area (Å²) in [6.45, 7) is 4.71. The van der Waals surface area contributed by atoms with Gasteiger partial charge in [0.25, 0.3) is 0 Å². The van der Waals surface area contributed by atoms with Gasteiger partial charge in [-0.2, -0.15) is 0 Å². The third kappa shape index (κ3) is 7.27. The Hall–Kier alpha value is -8.98. The van der Waals surface area contributed by atoms with Gasteiger partial charge in [-0.15, -0.1) is 0 Å². The average molecular weight is 907 g/mol. The molecule has 0 bridgehead atoms. The number of aromatic nitrogens is 1. The zero-order chi connectivity index (χ0) is 47.5. The van der Waals surface area contributed by atoms with E-state index in [1.54, 1.807) is 0 Å². The molecule has 0 N–H and O–H groups in total. The maximum Gasteiger partial charge on any atom is 0.0541 e. The number of hydrogen-bond acceptors (Lipinski definition) is 1. The van der Waals surface area contributed by atoms with Gasteiger partial charge < -0.3 is 9.47 Å². The molecular formula is C69H50N2. The fraction of sp³-hybridized carbons (Fsp3) is 0.0435. The van der Waals surface area contributed by atoms with Crippen LogP contribution in [0.2, 0.25) is 0 Å². The normalized spacial score (nSPS) is 12.5. The predicted molar refractivity (Wildman–Crippen MR) is 300 cm³/mol. The molecule has 0 aliphatic heterocycles. The number of benzene rings is 11. The fourth-order valence-electron chi connectivity index (χ4n) is 11.4. The van der Waals surface area contributed by atoms with Gasteiger partial charge in [-0.25, -0.2) is 0 Å². The van der Waals surface area contributed by atoms with Crippen molar-refractivity contribution in [2.45, 2.75) is 19.3 Å². The van der Waals surface area contributed by atoms with E-state index in [9.17, 15) is 0 Å². The van der Waals surface area contributed by atoms with Crippen LogP contribution >= 0.6 is 0 Å². The van der Waals surface area contributed by atoms with Crippen LogP contribution in [0.25, 0.3) is 94.3 Å². The van der Waals surface area contributed by atoms with Crippen LogP contribution in [0.4, 0.5) is 17.1 Å². The van der Waals surface area contributed by atoms with Crippen molar-refractivity contribution in [3.63, 3.8) is 0 Å². The van der Waals surface area contributed by atoms with Crippen molar-refractivity contribution >= 4 is 38.9 Å². The highest BCUT2D eigenvalue weighted by atomic mass is 15.1. The predicted octanol–water partition coefficient (Wildman–Crippen LogP) is 18.9. The van der Waals surface area contributed by atoms with Crippen molar-refractivity contribution in [1.82, 2.24) is 4.57 Å². The van der Waals surface area contributed by atoms with Gasteiger partial charge in [-0.1, -0.05) is 208 Å². The van der Waals surface area contributed by atoms with Gasteiger partial charge >= 0.3 is 0 Å². The minimum absolute atomic E-state index is 0.0511. The monoisotopic (exact) mass is 906 g/mol. The van der Waals surface area contributed by atoms with E-state index in [0.717, 1.165) is 22.7 Å². The summed E-state index contributed by atoms with van der Waals surface area (Å²) in [5.41, 5.74) is 24.3. The minimum Gasteiger partial charge on any atom is -0.310 e. The van der Waals surface area contributed by atoms with E-state index >= 15 is 0 Å². The van der Waals surface area contributed by atoms with E-state index in [1.807, 2.05) is 0 Å². The Bertz CT molecular complexity index is 3950. The molecular weight excluding hydrogens is 857 g/mol. The van der Waals surface area contributed by atoms with E-state index < -0.39 is 0 Å². The quantitative estimate of drug-likeness (QED) is 0.140. The summed E-state index contributed by atoms with van der Waals surface area (Å²) in [5, 5.41) is 2.48. The topological polar surface area (TPSA) is 8.17 Å². The van der Waals surface area contributed by atoms with Crippen molar-refractivity contribution < 1.29 is 0 Å². The molecule has 0 radical (unpaired) electrons. The van der Waals surface area contributed by atoms with E-state index in [-0.39, 0.29) is 5.41 Å². The van der Waals surface area contributed by atoms with Crippen molar-refractivity contribution in [3.8, 4) is 72.4 Å². The second-order valence-corrected chi connectivity index (χ2v) is 19.3. The molecule has 0 amide bonds. The summed E-state index contributed by atoms with van der Waals surface area (Å²) in [4.78, 5) is 2.35. The molecule has 0 saturated heterocycles. The largest absolute Gasteiger partial charge is 0.310 e. The first-order chi connectivity index (χ1) is 35.0. The zero-order valence-corrected chi connectivity index (χ0v) is 39.8. The Balaban J connectivity index is 0.836. The van der Waals surface area contributed by atoms with Crippen LogP contribution in [0.3, 0.4) is 0 Å². The number of nitrogens with zero attached hydrogens (tertiary/aromatic N) is 2. The SMILES string of the molecule is CC1(C)c2ccccc2-c2c(-c3cccc(-n4c5ccccc5c5cc(-c6cccc(-c7ccc(N(c8ccccc8)c8cccc(-c9ccccc9-c9ccccc9)c8)cc7)c6)ccc54)c3)cccc21. The molecule has 13 rings (SSSR count). The van der Waals surface area contributed by atoms with E-state index in [2.05, 4.69) is 290 Å². The molecule has 2 heteroatoms. The molecule has 0 atom stereocenters. The Labute approximate surface area is 416 Å². The van der Waals surface area contributed by atoms with E-state index in [4.69, 9.17) is 0 Å². The number of para-hydroxylation sites is 2. The lowest BCUT2D eigenvalue weighted by atomic mass is 9.82. The molecule has 0 spiro atoms. The Morgan fingerprint density at radius 2 is 0.803 bits per heavy atom. The molecule has 336 valence electrons. The van der Waals surface area contributed by atoms with Gasteiger partial charge in [0.05, 0.1) is 11.0 Å². The van der Waals surface area contributed by atoms with E-state index in [1.165, 1.54) is 99.7 Å². The molecule has 0 saturated carbocycles. The average Bonchev–Trinajstić information content (AvgIpc) is 3.89. The maximum absolute atomic E-state index is 2.44. The summed E-state index contributed by atoms with van der Waals surface area (Å²) in [5.74, 6) is 0. The van der Waals surface area contributed by atoms with Crippen molar-refractivity contribution in [2.75, 3.05) is 4.90 Å².